The summed E-state index contributed by atoms with van der Waals surface area (Å²) in [7, 11) is 0. The van der Waals surface area contributed by atoms with E-state index in [1.165, 1.54) is 20.5 Å². The minimum Gasteiger partial charge on any atom is -0.394 e. The van der Waals surface area contributed by atoms with Crippen LogP contribution in [0, 0.1) is 6.92 Å². The molecular formula is C26H26O5S. The zero-order chi connectivity index (χ0) is 22.4. The molecule has 1 saturated heterocycles. The molecule has 0 bridgehead atoms. The summed E-state index contributed by atoms with van der Waals surface area (Å²) in [6.45, 7) is 1.65. The summed E-state index contributed by atoms with van der Waals surface area (Å²) < 4.78 is 7.13. The van der Waals surface area contributed by atoms with Crippen molar-refractivity contribution in [3.05, 3.63) is 82.2 Å². The number of fused-ring (bicyclic) bond motifs is 2. The van der Waals surface area contributed by atoms with Crippen molar-refractivity contribution in [2.75, 3.05) is 6.61 Å². The molecule has 5 nitrogen and oxygen atoms in total. The maximum Gasteiger partial charge on any atom is 0.113 e. The lowest BCUT2D eigenvalue weighted by Gasteiger charge is -2.40. The van der Waals surface area contributed by atoms with Gasteiger partial charge in [-0.15, -0.1) is 11.3 Å². The second-order valence-electron chi connectivity index (χ2n) is 8.59. The van der Waals surface area contributed by atoms with Gasteiger partial charge >= 0.3 is 0 Å². The van der Waals surface area contributed by atoms with Gasteiger partial charge in [-0.1, -0.05) is 54.1 Å². The van der Waals surface area contributed by atoms with Crippen LogP contribution >= 0.6 is 11.3 Å². The average Bonchev–Trinajstić information content (AvgIpc) is 3.18. The number of aliphatic hydroxyl groups is 4. The molecule has 5 rings (SSSR count). The lowest BCUT2D eigenvalue weighted by Crippen LogP contribution is -2.55. The number of aryl methyl sites for hydroxylation is 1. The largest absolute Gasteiger partial charge is 0.394 e. The third kappa shape index (κ3) is 3.83. The highest BCUT2D eigenvalue weighted by Gasteiger charge is 2.44. The van der Waals surface area contributed by atoms with Crippen molar-refractivity contribution in [3.8, 4) is 0 Å². The SMILES string of the molecule is Cc1ccc2sc(Cc3cc([C@@H]4O[C@H](CO)[C@@H](O)[C@H](O)[C@H]4O)c4ccccc4c3)cc2c1. The zero-order valence-corrected chi connectivity index (χ0v) is 18.5. The van der Waals surface area contributed by atoms with Crippen LogP contribution in [-0.2, 0) is 11.2 Å². The van der Waals surface area contributed by atoms with Gasteiger partial charge in [-0.3, -0.25) is 0 Å². The Bertz CT molecular complexity index is 1260. The topological polar surface area (TPSA) is 90.2 Å². The Morgan fingerprint density at radius 1 is 0.875 bits per heavy atom. The molecule has 6 heteroatoms. The van der Waals surface area contributed by atoms with Gasteiger partial charge in [-0.2, -0.15) is 0 Å². The Kier molecular flexibility index (Phi) is 5.75. The number of thiophene rings is 1. The van der Waals surface area contributed by atoms with Gasteiger partial charge in [0, 0.05) is 16.0 Å². The van der Waals surface area contributed by atoms with E-state index < -0.39 is 37.1 Å². The molecule has 0 aliphatic carbocycles. The van der Waals surface area contributed by atoms with Crippen LogP contribution < -0.4 is 0 Å². The smallest absolute Gasteiger partial charge is 0.113 e. The quantitative estimate of drug-likeness (QED) is 0.382. The van der Waals surface area contributed by atoms with E-state index in [1.807, 2.05) is 30.3 Å². The third-order valence-corrected chi connectivity index (χ3v) is 7.37. The van der Waals surface area contributed by atoms with Crippen LogP contribution in [0.3, 0.4) is 0 Å². The molecule has 1 aliphatic rings. The van der Waals surface area contributed by atoms with Gasteiger partial charge in [-0.05, 0) is 46.3 Å². The molecule has 0 unspecified atom stereocenters. The average molecular weight is 451 g/mol. The summed E-state index contributed by atoms with van der Waals surface area (Å²) >= 11 is 1.77. The van der Waals surface area contributed by atoms with Gasteiger partial charge in [-0.25, -0.2) is 0 Å². The van der Waals surface area contributed by atoms with Crippen molar-refractivity contribution >= 4 is 32.2 Å². The Balaban J connectivity index is 1.56. The Hall–Kier alpha value is -2.32. The van der Waals surface area contributed by atoms with Crippen molar-refractivity contribution < 1.29 is 25.2 Å². The van der Waals surface area contributed by atoms with Gasteiger partial charge in [0.15, 0.2) is 0 Å². The molecule has 32 heavy (non-hydrogen) atoms. The molecule has 4 aromatic rings. The molecule has 1 aliphatic heterocycles. The number of rotatable bonds is 4. The normalized spacial score (nSPS) is 26.1. The van der Waals surface area contributed by atoms with Crippen LogP contribution in [0.1, 0.15) is 27.7 Å². The van der Waals surface area contributed by atoms with E-state index in [1.54, 1.807) is 11.3 Å². The summed E-state index contributed by atoms with van der Waals surface area (Å²) in [5.74, 6) is 0. The molecule has 0 saturated carbocycles. The second kappa shape index (κ2) is 8.56. The standard InChI is InChI=1S/C26H26O5S/c1-14-6-7-22-17(8-14)12-18(32-22)10-15-9-16-4-2-3-5-19(16)20(11-15)26-25(30)24(29)23(28)21(13-27)31-26/h2-9,11-12,21,23-30H,10,13H2,1H3/t21-,23-,24+,25-,26+/m1/s1. The highest BCUT2D eigenvalue weighted by Crippen LogP contribution is 2.37. The molecule has 2 heterocycles. The number of aliphatic hydroxyl groups excluding tert-OH is 4. The highest BCUT2D eigenvalue weighted by molar-refractivity contribution is 7.19. The lowest BCUT2D eigenvalue weighted by molar-refractivity contribution is -0.231. The van der Waals surface area contributed by atoms with Crippen LogP contribution in [0.4, 0.5) is 0 Å². The minimum absolute atomic E-state index is 0.444. The summed E-state index contributed by atoms with van der Waals surface area (Å²) in [6.07, 6.45) is -5.15. The Morgan fingerprint density at radius 3 is 2.50 bits per heavy atom. The Morgan fingerprint density at radius 2 is 1.69 bits per heavy atom. The van der Waals surface area contributed by atoms with Gasteiger partial charge < -0.3 is 25.2 Å². The minimum atomic E-state index is -1.40. The van der Waals surface area contributed by atoms with Crippen LogP contribution in [0.25, 0.3) is 20.9 Å². The monoisotopic (exact) mass is 450 g/mol. The summed E-state index contributed by atoms with van der Waals surface area (Å²) in [5, 5.41) is 44.0. The maximum atomic E-state index is 10.7. The molecule has 0 radical (unpaired) electrons. The first kappa shape index (κ1) is 21.5. The molecule has 0 amide bonds. The number of benzene rings is 3. The van der Waals surface area contributed by atoms with Crippen molar-refractivity contribution in [1.29, 1.82) is 0 Å². The van der Waals surface area contributed by atoms with E-state index in [0.29, 0.717) is 0 Å². The summed E-state index contributed by atoms with van der Waals surface area (Å²) in [6, 6.07) is 20.7. The second-order valence-corrected chi connectivity index (χ2v) is 9.75. The van der Waals surface area contributed by atoms with Crippen LogP contribution in [0.2, 0.25) is 0 Å². The number of ether oxygens (including phenoxy) is 1. The van der Waals surface area contributed by atoms with Gasteiger partial charge in [0.05, 0.1) is 6.61 Å². The van der Waals surface area contributed by atoms with Gasteiger partial charge in [0.1, 0.15) is 30.5 Å². The van der Waals surface area contributed by atoms with Crippen molar-refractivity contribution in [2.24, 2.45) is 0 Å². The highest BCUT2D eigenvalue weighted by atomic mass is 32.1. The summed E-state index contributed by atoms with van der Waals surface area (Å²) in [5.41, 5.74) is 3.04. The van der Waals surface area contributed by atoms with Gasteiger partial charge in [0.25, 0.3) is 0 Å². The van der Waals surface area contributed by atoms with Crippen LogP contribution in [0.15, 0.2) is 60.7 Å². The first-order valence-electron chi connectivity index (χ1n) is 10.8. The predicted octanol–water partition coefficient (Wildman–Crippen LogP) is 3.47. The number of hydrogen-bond acceptors (Lipinski definition) is 6. The van der Waals surface area contributed by atoms with Crippen molar-refractivity contribution in [3.63, 3.8) is 0 Å². The predicted molar refractivity (Wildman–Crippen MR) is 126 cm³/mol. The van der Waals surface area contributed by atoms with E-state index in [9.17, 15) is 20.4 Å². The molecular weight excluding hydrogens is 424 g/mol. The third-order valence-electron chi connectivity index (χ3n) is 6.25. The van der Waals surface area contributed by atoms with Gasteiger partial charge in [0.2, 0.25) is 0 Å². The molecule has 4 N–H and O–H groups in total. The first-order chi connectivity index (χ1) is 15.4. The Labute approximate surface area is 190 Å². The van der Waals surface area contributed by atoms with Crippen molar-refractivity contribution in [1.82, 2.24) is 0 Å². The number of hydrogen-bond donors (Lipinski definition) is 4. The fraction of sp³-hybridized carbons (Fsp3) is 0.308. The van der Waals surface area contributed by atoms with E-state index in [4.69, 9.17) is 4.74 Å². The van der Waals surface area contributed by atoms with E-state index >= 15 is 0 Å². The summed E-state index contributed by atoms with van der Waals surface area (Å²) in [4.78, 5) is 1.24. The maximum absolute atomic E-state index is 10.7. The zero-order valence-electron chi connectivity index (χ0n) is 17.7. The molecule has 1 fully saturated rings. The molecule has 166 valence electrons. The van der Waals surface area contributed by atoms with E-state index in [2.05, 4.69) is 37.3 Å². The van der Waals surface area contributed by atoms with Crippen LogP contribution in [0.5, 0.6) is 0 Å². The van der Waals surface area contributed by atoms with Crippen LogP contribution in [-0.4, -0.2) is 51.4 Å². The van der Waals surface area contributed by atoms with E-state index in [-0.39, 0.29) is 0 Å². The molecule has 5 atom stereocenters. The fourth-order valence-corrected chi connectivity index (χ4v) is 5.69. The molecule has 1 aromatic heterocycles. The molecule has 3 aromatic carbocycles. The fourth-order valence-electron chi connectivity index (χ4n) is 4.61. The lowest BCUT2D eigenvalue weighted by atomic mass is 9.87. The first-order valence-corrected chi connectivity index (χ1v) is 11.6. The van der Waals surface area contributed by atoms with Crippen molar-refractivity contribution in [2.45, 2.75) is 43.9 Å². The van der Waals surface area contributed by atoms with E-state index in [0.717, 1.165) is 28.3 Å². The molecule has 0 spiro atoms.